The van der Waals surface area contributed by atoms with Crippen LogP contribution in [-0.2, 0) is 20.0 Å². The third-order valence-electron chi connectivity index (χ3n) is 3.81. The normalized spacial score (nSPS) is 11.6. The molecule has 3 rings (SSSR count). The van der Waals surface area contributed by atoms with Crippen molar-refractivity contribution < 1.29 is 4.52 Å². The van der Waals surface area contributed by atoms with Crippen LogP contribution in [0.4, 0.5) is 5.95 Å². The van der Waals surface area contributed by atoms with Gasteiger partial charge in [0, 0.05) is 12.6 Å². The van der Waals surface area contributed by atoms with E-state index in [9.17, 15) is 0 Å². The molecule has 2 N–H and O–H groups in total. The number of aryl methyl sites for hydroxylation is 4. The minimum atomic E-state index is 0.496. The van der Waals surface area contributed by atoms with Crippen LogP contribution in [-0.4, -0.2) is 24.5 Å². The van der Waals surface area contributed by atoms with Crippen molar-refractivity contribution in [3.05, 3.63) is 22.7 Å². The summed E-state index contributed by atoms with van der Waals surface area (Å²) in [5.41, 5.74) is 10.9. The monoisotopic (exact) mass is 288 g/mol. The topological polar surface area (TPSA) is 87.7 Å². The molecule has 0 unspecified atom stereocenters. The van der Waals surface area contributed by atoms with Gasteiger partial charge in [0.05, 0.1) is 17.9 Å². The fraction of sp³-hybridized carbons (Fsp3) is 0.500. The molecule has 7 heteroatoms. The Labute approximate surface area is 122 Å². The summed E-state index contributed by atoms with van der Waals surface area (Å²) >= 11 is 0. The lowest BCUT2D eigenvalue weighted by molar-refractivity contribution is 0.392. The second-order valence-corrected chi connectivity index (χ2v) is 5.35. The molecule has 0 fully saturated rings. The zero-order valence-corrected chi connectivity index (χ0v) is 12.8. The maximum Gasteiger partial charge on any atom is 0.202 e. The van der Waals surface area contributed by atoms with Crippen molar-refractivity contribution in [1.29, 1.82) is 0 Å². The smallest absolute Gasteiger partial charge is 0.202 e. The van der Waals surface area contributed by atoms with E-state index in [4.69, 9.17) is 10.3 Å². The first-order valence-corrected chi connectivity index (χ1v) is 7.12. The molecule has 0 aromatic carbocycles. The summed E-state index contributed by atoms with van der Waals surface area (Å²) < 4.78 is 9.04. The van der Waals surface area contributed by atoms with E-state index in [0.29, 0.717) is 12.5 Å². The van der Waals surface area contributed by atoms with Crippen molar-refractivity contribution in [2.24, 2.45) is 7.05 Å². The number of imidazole rings is 1. The minimum Gasteiger partial charge on any atom is -0.369 e. The Morgan fingerprint density at radius 3 is 2.67 bits per heavy atom. The number of anilines is 1. The second-order valence-electron chi connectivity index (χ2n) is 5.35. The van der Waals surface area contributed by atoms with Gasteiger partial charge < -0.3 is 10.3 Å². The highest BCUT2D eigenvalue weighted by Crippen LogP contribution is 2.24. The van der Waals surface area contributed by atoms with Gasteiger partial charge in [0.15, 0.2) is 5.65 Å². The molecule has 3 aromatic rings. The molecule has 112 valence electrons. The molecule has 21 heavy (non-hydrogen) atoms. The molecule has 0 atom stereocenters. The Morgan fingerprint density at radius 2 is 2.05 bits per heavy atom. The average Bonchev–Trinajstić information content (AvgIpc) is 3.02. The standard InChI is InChI=1S/C14H20N6O/c1-5-6-11-12-13(19(4)17-11)20(14(15)16-12)7-10-8(2)18-21-9(10)3/h5-7H2,1-4H3,(H2,15,16). The largest absolute Gasteiger partial charge is 0.369 e. The molecule has 0 aliphatic carbocycles. The summed E-state index contributed by atoms with van der Waals surface area (Å²) in [6, 6.07) is 0. The van der Waals surface area contributed by atoms with Gasteiger partial charge in [-0.05, 0) is 20.3 Å². The van der Waals surface area contributed by atoms with E-state index in [1.54, 1.807) is 0 Å². The highest BCUT2D eigenvalue weighted by atomic mass is 16.5. The van der Waals surface area contributed by atoms with Crippen molar-refractivity contribution in [2.45, 2.75) is 40.2 Å². The molecule has 0 aliphatic heterocycles. The van der Waals surface area contributed by atoms with Crippen molar-refractivity contribution in [3.8, 4) is 0 Å². The first-order valence-electron chi connectivity index (χ1n) is 7.12. The van der Waals surface area contributed by atoms with Crippen molar-refractivity contribution in [2.75, 3.05) is 5.73 Å². The molecule has 3 aromatic heterocycles. The van der Waals surface area contributed by atoms with E-state index in [2.05, 4.69) is 22.2 Å². The quantitative estimate of drug-likeness (QED) is 0.793. The molecule has 0 radical (unpaired) electrons. The third kappa shape index (κ3) is 2.09. The fourth-order valence-electron chi connectivity index (χ4n) is 2.71. The summed E-state index contributed by atoms with van der Waals surface area (Å²) in [4.78, 5) is 4.50. The van der Waals surface area contributed by atoms with Crippen LogP contribution < -0.4 is 5.73 Å². The molecule has 0 amide bonds. The number of hydrogen-bond acceptors (Lipinski definition) is 5. The van der Waals surface area contributed by atoms with E-state index in [1.807, 2.05) is 30.1 Å². The first-order chi connectivity index (χ1) is 10.0. The predicted molar refractivity (Wildman–Crippen MR) is 80.0 cm³/mol. The third-order valence-corrected chi connectivity index (χ3v) is 3.81. The molecule has 0 saturated carbocycles. The van der Waals surface area contributed by atoms with Crippen LogP contribution in [0.2, 0.25) is 0 Å². The van der Waals surface area contributed by atoms with Gasteiger partial charge in [0.1, 0.15) is 11.3 Å². The van der Waals surface area contributed by atoms with Gasteiger partial charge in [-0.15, -0.1) is 0 Å². The summed E-state index contributed by atoms with van der Waals surface area (Å²) in [5.74, 6) is 1.31. The van der Waals surface area contributed by atoms with Crippen LogP contribution in [0.15, 0.2) is 4.52 Å². The molecule has 0 aliphatic rings. The Kier molecular flexibility index (Phi) is 3.19. The first kappa shape index (κ1) is 13.7. The lowest BCUT2D eigenvalue weighted by atomic mass is 10.2. The Hall–Kier alpha value is -2.31. The molecule has 0 spiro atoms. The summed E-state index contributed by atoms with van der Waals surface area (Å²) in [5, 5.41) is 8.55. The number of nitrogen functional groups attached to an aromatic ring is 1. The summed E-state index contributed by atoms with van der Waals surface area (Å²) in [6.45, 7) is 6.56. The van der Waals surface area contributed by atoms with Crippen LogP contribution in [0.3, 0.4) is 0 Å². The fourth-order valence-corrected chi connectivity index (χ4v) is 2.71. The van der Waals surface area contributed by atoms with Gasteiger partial charge in [-0.2, -0.15) is 5.10 Å². The SMILES string of the molecule is CCCc1nn(C)c2c1nc(N)n2Cc1c(C)noc1C. The Bertz CT molecular complexity index is 775. The van der Waals surface area contributed by atoms with Crippen molar-refractivity contribution >= 4 is 17.1 Å². The number of nitrogens with zero attached hydrogens (tertiary/aromatic N) is 5. The number of fused-ring (bicyclic) bond motifs is 1. The van der Waals surface area contributed by atoms with Crippen LogP contribution in [0, 0.1) is 13.8 Å². The lowest BCUT2D eigenvalue weighted by Crippen LogP contribution is -2.09. The van der Waals surface area contributed by atoms with Crippen LogP contribution in [0.1, 0.15) is 36.1 Å². The number of aromatic nitrogens is 5. The van der Waals surface area contributed by atoms with E-state index < -0.39 is 0 Å². The molecule has 0 saturated heterocycles. The minimum absolute atomic E-state index is 0.496. The Morgan fingerprint density at radius 1 is 1.29 bits per heavy atom. The van der Waals surface area contributed by atoms with E-state index in [1.165, 1.54) is 0 Å². The van der Waals surface area contributed by atoms with Gasteiger partial charge in [-0.25, -0.2) is 4.98 Å². The summed E-state index contributed by atoms with van der Waals surface area (Å²) in [7, 11) is 1.92. The van der Waals surface area contributed by atoms with Crippen molar-refractivity contribution in [1.82, 2.24) is 24.5 Å². The highest BCUT2D eigenvalue weighted by Gasteiger charge is 2.19. The second kappa shape index (κ2) is 4.91. The van der Waals surface area contributed by atoms with Gasteiger partial charge in [0.25, 0.3) is 0 Å². The maximum atomic E-state index is 6.11. The zero-order chi connectivity index (χ0) is 15.1. The number of nitrogens with two attached hydrogens (primary N) is 1. The van der Waals surface area contributed by atoms with E-state index in [-0.39, 0.29) is 0 Å². The lowest BCUT2D eigenvalue weighted by Gasteiger charge is -2.06. The van der Waals surface area contributed by atoms with Gasteiger partial charge in [-0.3, -0.25) is 9.25 Å². The van der Waals surface area contributed by atoms with Gasteiger partial charge >= 0.3 is 0 Å². The molecule has 0 bridgehead atoms. The molecule has 3 heterocycles. The molecule has 7 nitrogen and oxygen atoms in total. The van der Waals surface area contributed by atoms with Crippen molar-refractivity contribution in [3.63, 3.8) is 0 Å². The zero-order valence-electron chi connectivity index (χ0n) is 12.8. The number of hydrogen-bond donors (Lipinski definition) is 1. The number of rotatable bonds is 4. The Balaban J connectivity index is 2.12. The highest BCUT2D eigenvalue weighted by molar-refractivity contribution is 5.78. The summed E-state index contributed by atoms with van der Waals surface area (Å²) in [6.07, 6.45) is 1.93. The van der Waals surface area contributed by atoms with Crippen LogP contribution >= 0.6 is 0 Å². The van der Waals surface area contributed by atoms with E-state index in [0.717, 1.165) is 46.7 Å². The molecular formula is C14H20N6O. The van der Waals surface area contributed by atoms with Crippen LogP contribution in [0.5, 0.6) is 0 Å². The average molecular weight is 288 g/mol. The maximum absolute atomic E-state index is 6.11. The predicted octanol–water partition coefficient (Wildman–Crippen LogP) is 1.96. The molecular weight excluding hydrogens is 268 g/mol. The van der Waals surface area contributed by atoms with Crippen LogP contribution in [0.25, 0.3) is 11.2 Å². The van der Waals surface area contributed by atoms with Gasteiger partial charge in [0.2, 0.25) is 5.95 Å². The van der Waals surface area contributed by atoms with Gasteiger partial charge in [-0.1, -0.05) is 18.5 Å². The van der Waals surface area contributed by atoms with E-state index >= 15 is 0 Å².